The van der Waals surface area contributed by atoms with Gasteiger partial charge in [0.15, 0.2) is 0 Å². The summed E-state index contributed by atoms with van der Waals surface area (Å²) in [6.45, 7) is 21.2. The summed E-state index contributed by atoms with van der Waals surface area (Å²) in [4.78, 5) is 0. The van der Waals surface area contributed by atoms with Gasteiger partial charge in [0.2, 0.25) is 0 Å². The first-order chi connectivity index (χ1) is 10.2. The Bertz CT molecular complexity index is 195. The van der Waals surface area contributed by atoms with E-state index in [0.29, 0.717) is 5.04 Å². The molecule has 22 heavy (non-hydrogen) atoms. The Morgan fingerprint density at radius 2 is 1.09 bits per heavy atom. The van der Waals surface area contributed by atoms with E-state index in [1.54, 1.807) is 15.8 Å². The second-order valence-corrected chi connectivity index (χ2v) is 17.5. The molecule has 0 amide bonds. The van der Waals surface area contributed by atoms with E-state index in [-0.39, 0.29) is 8.80 Å². The maximum absolute atomic E-state index is 2.39. The predicted octanol–water partition coefficient (Wildman–Crippen LogP) is 8.06. The van der Waals surface area contributed by atoms with Crippen molar-refractivity contribution in [2.24, 2.45) is 5.92 Å². The molecule has 0 nitrogen and oxygen atoms in total. The molecule has 2 heteroatoms. The van der Waals surface area contributed by atoms with E-state index in [9.17, 15) is 0 Å². The first kappa shape index (κ1) is 25.0. The fourth-order valence-electron chi connectivity index (χ4n) is 2.23. The van der Waals surface area contributed by atoms with Gasteiger partial charge in [-0.15, -0.1) is 0 Å². The molecule has 0 aromatic rings. The summed E-state index contributed by atoms with van der Waals surface area (Å²) < 4.78 is 0. The molecule has 0 aromatic carbocycles. The normalized spacial score (nSPS) is 12.0. The van der Waals surface area contributed by atoms with Gasteiger partial charge in [-0.3, -0.25) is 0 Å². The molecule has 0 aliphatic rings. The second-order valence-electron chi connectivity index (χ2n) is 7.94. The molecule has 0 N–H and O–H groups in total. The molecule has 0 bridgehead atoms. The Morgan fingerprint density at radius 1 is 0.773 bits per heavy atom. The third-order valence-electron chi connectivity index (χ3n) is 5.38. The van der Waals surface area contributed by atoms with Crippen molar-refractivity contribution in [3.05, 3.63) is 0 Å². The van der Waals surface area contributed by atoms with Crippen molar-refractivity contribution >= 4 is 23.1 Å². The minimum absolute atomic E-state index is 0.110. The van der Waals surface area contributed by atoms with Gasteiger partial charge in [-0.05, 0) is 11.0 Å². The van der Waals surface area contributed by atoms with E-state index in [1.165, 1.54) is 38.5 Å². The zero-order valence-corrected chi connectivity index (χ0v) is 20.5. The van der Waals surface area contributed by atoms with Crippen LogP contribution in [0, 0.1) is 5.92 Å². The third-order valence-corrected chi connectivity index (χ3v) is 15.2. The number of hydrogen-bond acceptors (Lipinski definition) is 0. The first-order valence-corrected chi connectivity index (χ1v) is 16.8. The van der Waals surface area contributed by atoms with Crippen LogP contribution >= 0.6 is 0 Å². The summed E-state index contributed by atoms with van der Waals surface area (Å²) >= 11 is -0.552. The van der Waals surface area contributed by atoms with Crippen molar-refractivity contribution in [2.75, 3.05) is 0 Å². The van der Waals surface area contributed by atoms with Gasteiger partial charge in [0.25, 0.3) is 0 Å². The van der Waals surface area contributed by atoms with E-state index in [1.807, 2.05) is 0 Å². The predicted molar refractivity (Wildman–Crippen MR) is 111 cm³/mol. The molecule has 2 radical (unpaired) electrons. The monoisotopic (exact) mass is 388 g/mol. The van der Waals surface area contributed by atoms with Crippen molar-refractivity contribution in [1.29, 1.82) is 0 Å². The van der Waals surface area contributed by atoms with Gasteiger partial charge in [-0.1, -0.05) is 40.8 Å². The van der Waals surface area contributed by atoms with Gasteiger partial charge in [-0.2, -0.15) is 0 Å². The molecule has 0 aliphatic carbocycles. The molecule has 0 unspecified atom stereocenters. The van der Waals surface area contributed by atoms with Crippen molar-refractivity contribution in [1.82, 2.24) is 0 Å². The van der Waals surface area contributed by atoms with Gasteiger partial charge < -0.3 is 0 Å². The third kappa shape index (κ3) is 13.2. The second kappa shape index (κ2) is 15.3. The molecule has 0 saturated heterocycles. The van der Waals surface area contributed by atoms with Gasteiger partial charge in [-0.25, -0.2) is 0 Å². The molecule has 134 valence electrons. The van der Waals surface area contributed by atoms with Gasteiger partial charge in [0.05, 0.1) is 0 Å². The zero-order valence-electron chi connectivity index (χ0n) is 17.4. The van der Waals surface area contributed by atoms with Crippen LogP contribution in [-0.4, -0.2) is 23.1 Å². The number of rotatable bonds is 11. The minimum atomic E-state index is -0.552. The van der Waals surface area contributed by atoms with Crippen molar-refractivity contribution in [2.45, 2.75) is 121 Å². The van der Waals surface area contributed by atoms with Crippen LogP contribution in [0.4, 0.5) is 0 Å². The molecular weight excluding hydrogens is 341 g/mol. The summed E-state index contributed by atoms with van der Waals surface area (Å²) in [6.07, 6.45) is 8.78. The maximum atomic E-state index is 2.39. The van der Waals surface area contributed by atoms with Crippen molar-refractivity contribution < 1.29 is 0 Å². The molecule has 0 aromatic heterocycles. The number of hydrogen-bond donors (Lipinski definition) is 0. The molecule has 0 fully saturated rings. The van der Waals surface area contributed by atoms with E-state index in [2.05, 4.69) is 61.6 Å². The molecule has 0 heterocycles. The summed E-state index contributed by atoms with van der Waals surface area (Å²) in [6, 6.07) is 0. The first-order valence-electron chi connectivity index (χ1n) is 9.88. The Labute approximate surface area is 150 Å². The van der Waals surface area contributed by atoms with Crippen LogP contribution < -0.4 is 0 Å². The Balaban J connectivity index is 0. The van der Waals surface area contributed by atoms with E-state index in [4.69, 9.17) is 0 Å². The molecule has 0 atom stereocenters. The van der Waals surface area contributed by atoms with Crippen LogP contribution in [-0.2, 0) is 0 Å². The Hall–Kier alpha value is 0.760. The van der Waals surface area contributed by atoms with E-state index < -0.39 is 14.3 Å². The van der Waals surface area contributed by atoms with E-state index in [0.717, 1.165) is 5.92 Å². The Kier molecular flexibility index (Phi) is 17.4. The molecule has 0 aliphatic heterocycles. The van der Waals surface area contributed by atoms with Gasteiger partial charge in [0, 0.05) is 8.80 Å². The average molecular weight is 387 g/mol. The average Bonchev–Trinajstić information content (AvgIpc) is 2.46. The van der Waals surface area contributed by atoms with Gasteiger partial charge >= 0.3 is 89.4 Å². The molecular formula is C20H46GeSi. The summed E-state index contributed by atoms with van der Waals surface area (Å²) in [5, 5.41) is 5.55. The van der Waals surface area contributed by atoms with Crippen LogP contribution in [0.2, 0.25) is 33.9 Å². The molecule has 0 rings (SSSR count). The molecule has 0 spiro atoms. The van der Waals surface area contributed by atoms with Crippen LogP contribution in [0.1, 0.15) is 87.0 Å². The molecule has 0 saturated carbocycles. The fourth-order valence-corrected chi connectivity index (χ4v) is 10.3. The fraction of sp³-hybridized carbons (Fsp3) is 1.00. The van der Waals surface area contributed by atoms with E-state index >= 15 is 0 Å². The quantitative estimate of drug-likeness (QED) is 0.315. The summed E-state index contributed by atoms with van der Waals surface area (Å²) in [5.74, 6) is 0.835. The van der Waals surface area contributed by atoms with Crippen molar-refractivity contribution in [3.8, 4) is 0 Å². The summed E-state index contributed by atoms with van der Waals surface area (Å²) in [5.41, 5.74) is 0. The number of unbranched alkanes of at least 4 members (excludes halogenated alkanes) is 3. The summed E-state index contributed by atoms with van der Waals surface area (Å²) in [7, 11) is -0.110. The van der Waals surface area contributed by atoms with Crippen LogP contribution in [0.5, 0.6) is 0 Å². The SMILES string of the molecule is CC(C)C(C)(C)[Si](C)C.CCC[CH2][Ge]([CH2]CCC)[CH2]CCC. The van der Waals surface area contributed by atoms with Crippen LogP contribution in [0.15, 0.2) is 0 Å². The van der Waals surface area contributed by atoms with Crippen LogP contribution in [0.25, 0.3) is 0 Å². The standard InChI is InChI=1S/C12H27Ge.C8H19Si/c1-4-7-10-13(11-8-5-2)12-9-6-3;1-7(2)8(3,4)9(5)6/h4-12H2,1-3H3;7H,1-6H3. The van der Waals surface area contributed by atoms with Crippen molar-refractivity contribution in [3.63, 3.8) is 0 Å². The van der Waals surface area contributed by atoms with Crippen LogP contribution in [0.3, 0.4) is 0 Å². The zero-order chi connectivity index (χ0) is 17.6. The Morgan fingerprint density at radius 3 is 1.23 bits per heavy atom. The van der Waals surface area contributed by atoms with Gasteiger partial charge in [0.1, 0.15) is 0 Å². The topological polar surface area (TPSA) is 0 Å².